The Bertz CT molecular complexity index is 929. The van der Waals surface area contributed by atoms with Crippen molar-refractivity contribution < 1.29 is 33.0 Å². The number of halogens is 1. The molecular weight excluding hydrogens is 457 g/mol. The molecule has 0 bridgehead atoms. The lowest BCUT2D eigenvalue weighted by Crippen LogP contribution is -2.52. The molecule has 3 N–H and O–H groups in total. The van der Waals surface area contributed by atoms with Crippen LogP contribution < -0.4 is 16.0 Å². The van der Waals surface area contributed by atoms with Gasteiger partial charge in [0.1, 0.15) is 32.2 Å². The van der Waals surface area contributed by atoms with Gasteiger partial charge in [-0.15, -0.1) is 0 Å². The molecule has 0 radical (unpaired) electrons. The standard InChI is InChI=1S/C25H30FN3O6/c26-13-14-27-15-21(16-30)28-25(33)29-22(24(32)35-18-20-9-5-2-6-10-20)11-12-23(31)34-17-19-7-3-1-4-8-19/h1-10,16,21-22,27H,11-15,17-18H2,(H2,28,29,33)/t21-,22-/m0/s1. The van der Waals surface area contributed by atoms with Gasteiger partial charge < -0.3 is 30.2 Å². The van der Waals surface area contributed by atoms with Gasteiger partial charge in [0.15, 0.2) is 0 Å². The van der Waals surface area contributed by atoms with E-state index >= 15 is 0 Å². The molecule has 0 unspecified atom stereocenters. The molecule has 0 aliphatic rings. The van der Waals surface area contributed by atoms with Crippen molar-refractivity contribution in [2.24, 2.45) is 0 Å². The molecule has 188 valence electrons. The van der Waals surface area contributed by atoms with Crippen LogP contribution >= 0.6 is 0 Å². The van der Waals surface area contributed by atoms with Crippen molar-refractivity contribution in [1.29, 1.82) is 0 Å². The zero-order valence-electron chi connectivity index (χ0n) is 19.3. The van der Waals surface area contributed by atoms with E-state index in [0.29, 0.717) is 6.29 Å². The van der Waals surface area contributed by atoms with E-state index in [2.05, 4.69) is 16.0 Å². The van der Waals surface area contributed by atoms with E-state index in [1.807, 2.05) is 36.4 Å². The van der Waals surface area contributed by atoms with Gasteiger partial charge in [-0.2, -0.15) is 0 Å². The van der Waals surface area contributed by atoms with E-state index in [1.54, 1.807) is 24.3 Å². The third-order valence-corrected chi connectivity index (χ3v) is 4.81. The molecule has 0 aliphatic heterocycles. The van der Waals surface area contributed by atoms with E-state index in [0.717, 1.165) is 11.1 Å². The molecule has 2 amide bonds. The summed E-state index contributed by atoms with van der Waals surface area (Å²) in [6.07, 6.45) is 0.280. The first kappa shape index (κ1) is 27.5. The zero-order valence-corrected chi connectivity index (χ0v) is 19.3. The molecule has 9 nitrogen and oxygen atoms in total. The highest BCUT2D eigenvalue weighted by atomic mass is 19.1. The summed E-state index contributed by atoms with van der Waals surface area (Å²) in [4.78, 5) is 48.4. The lowest BCUT2D eigenvalue weighted by molar-refractivity contribution is -0.148. The monoisotopic (exact) mass is 487 g/mol. The second-order valence-corrected chi connectivity index (χ2v) is 7.58. The van der Waals surface area contributed by atoms with Crippen molar-refractivity contribution in [2.45, 2.75) is 38.1 Å². The van der Waals surface area contributed by atoms with Gasteiger partial charge in [-0.25, -0.2) is 14.0 Å². The first-order valence-corrected chi connectivity index (χ1v) is 11.2. The summed E-state index contributed by atoms with van der Waals surface area (Å²) < 4.78 is 22.8. The van der Waals surface area contributed by atoms with Gasteiger partial charge in [0.2, 0.25) is 0 Å². The Hall–Kier alpha value is -3.79. The summed E-state index contributed by atoms with van der Waals surface area (Å²) in [5, 5.41) is 7.51. The Balaban J connectivity index is 1.92. The summed E-state index contributed by atoms with van der Waals surface area (Å²) in [5.74, 6) is -1.28. The second kappa shape index (κ2) is 15.9. The molecule has 0 saturated heterocycles. The van der Waals surface area contributed by atoms with Gasteiger partial charge in [-0.1, -0.05) is 60.7 Å². The minimum atomic E-state index is -1.16. The Kier molecular flexibility index (Phi) is 12.5. The van der Waals surface area contributed by atoms with Crippen LogP contribution in [-0.2, 0) is 37.1 Å². The number of rotatable bonds is 15. The number of aldehydes is 1. The largest absolute Gasteiger partial charge is 0.461 e. The van der Waals surface area contributed by atoms with Crippen LogP contribution in [0.3, 0.4) is 0 Å². The van der Waals surface area contributed by atoms with Crippen molar-refractivity contribution >= 4 is 24.3 Å². The Morgan fingerprint density at radius 2 is 1.49 bits per heavy atom. The Morgan fingerprint density at radius 3 is 2.06 bits per heavy atom. The molecule has 0 fully saturated rings. The fraction of sp³-hybridized carbons (Fsp3) is 0.360. The maximum Gasteiger partial charge on any atom is 0.329 e. The predicted octanol–water partition coefficient (Wildman–Crippen LogP) is 2.05. The van der Waals surface area contributed by atoms with E-state index in [1.165, 1.54) is 0 Å². The van der Waals surface area contributed by atoms with Crippen LogP contribution in [0.5, 0.6) is 0 Å². The lowest BCUT2D eigenvalue weighted by Gasteiger charge is -2.20. The van der Waals surface area contributed by atoms with Crippen LogP contribution in [0.25, 0.3) is 0 Å². The average molecular weight is 488 g/mol. The minimum Gasteiger partial charge on any atom is -0.461 e. The number of amides is 2. The SMILES string of the molecule is O=C[C@H](CNCCF)NC(=O)N[C@@H](CCC(=O)OCc1ccccc1)C(=O)OCc1ccccc1. The van der Waals surface area contributed by atoms with Crippen molar-refractivity contribution in [3.05, 3.63) is 71.8 Å². The molecule has 2 aromatic rings. The number of nitrogens with one attached hydrogen (secondary N) is 3. The Morgan fingerprint density at radius 1 is 0.886 bits per heavy atom. The highest BCUT2D eigenvalue weighted by molar-refractivity contribution is 5.85. The number of urea groups is 1. The molecule has 0 spiro atoms. The molecule has 2 rings (SSSR count). The number of carbonyl (C=O) groups excluding carboxylic acids is 4. The van der Waals surface area contributed by atoms with E-state index in [9.17, 15) is 23.6 Å². The van der Waals surface area contributed by atoms with Crippen LogP contribution in [0.2, 0.25) is 0 Å². The highest BCUT2D eigenvalue weighted by Gasteiger charge is 2.25. The topological polar surface area (TPSA) is 123 Å². The maximum atomic E-state index is 12.7. The van der Waals surface area contributed by atoms with Crippen molar-refractivity contribution in [3.8, 4) is 0 Å². The number of benzene rings is 2. The van der Waals surface area contributed by atoms with Gasteiger partial charge >= 0.3 is 18.0 Å². The average Bonchev–Trinajstić information content (AvgIpc) is 2.89. The fourth-order valence-electron chi connectivity index (χ4n) is 2.98. The van der Waals surface area contributed by atoms with Crippen LogP contribution in [0.1, 0.15) is 24.0 Å². The van der Waals surface area contributed by atoms with Gasteiger partial charge in [0.25, 0.3) is 0 Å². The summed E-state index contributed by atoms with van der Waals surface area (Å²) in [6, 6.07) is 15.2. The van der Waals surface area contributed by atoms with Crippen LogP contribution in [0, 0.1) is 0 Å². The number of hydrogen-bond acceptors (Lipinski definition) is 7. The predicted molar refractivity (Wildman–Crippen MR) is 126 cm³/mol. The minimum absolute atomic E-state index is 0.0119. The van der Waals surface area contributed by atoms with Crippen LogP contribution in [0.4, 0.5) is 9.18 Å². The number of alkyl halides is 1. The van der Waals surface area contributed by atoms with Crippen LogP contribution in [-0.4, -0.2) is 56.1 Å². The first-order valence-electron chi connectivity index (χ1n) is 11.2. The molecule has 2 aromatic carbocycles. The third kappa shape index (κ3) is 11.3. The maximum absolute atomic E-state index is 12.7. The van der Waals surface area contributed by atoms with Gasteiger partial charge in [0.05, 0.1) is 6.04 Å². The summed E-state index contributed by atoms with van der Waals surface area (Å²) in [6.45, 7) is -0.484. The molecule has 0 aromatic heterocycles. The van der Waals surface area contributed by atoms with Crippen molar-refractivity contribution in [2.75, 3.05) is 19.8 Å². The Labute approximate surface area is 203 Å². The number of hydrogen-bond donors (Lipinski definition) is 3. The van der Waals surface area contributed by atoms with Crippen LogP contribution in [0.15, 0.2) is 60.7 Å². The smallest absolute Gasteiger partial charge is 0.329 e. The molecule has 0 heterocycles. The summed E-state index contributed by atoms with van der Waals surface area (Å²) in [7, 11) is 0. The van der Waals surface area contributed by atoms with Gasteiger partial charge in [-0.05, 0) is 17.5 Å². The lowest BCUT2D eigenvalue weighted by atomic mass is 10.1. The first-order chi connectivity index (χ1) is 17.0. The summed E-state index contributed by atoms with van der Waals surface area (Å²) >= 11 is 0. The molecule has 0 aliphatic carbocycles. The van der Waals surface area contributed by atoms with Crippen molar-refractivity contribution in [3.63, 3.8) is 0 Å². The van der Waals surface area contributed by atoms with Gasteiger partial charge in [0, 0.05) is 19.5 Å². The number of carbonyl (C=O) groups is 4. The normalized spacial score (nSPS) is 12.1. The quantitative estimate of drug-likeness (QED) is 0.200. The fourth-order valence-corrected chi connectivity index (χ4v) is 2.98. The molecule has 10 heteroatoms. The number of ether oxygens (including phenoxy) is 2. The highest BCUT2D eigenvalue weighted by Crippen LogP contribution is 2.08. The van der Waals surface area contributed by atoms with E-state index in [-0.39, 0.29) is 39.1 Å². The third-order valence-electron chi connectivity index (χ3n) is 4.81. The summed E-state index contributed by atoms with van der Waals surface area (Å²) in [5.41, 5.74) is 1.57. The van der Waals surface area contributed by atoms with E-state index in [4.69, 9.17) is 9.47 Å². The number of esters is 2. The molecule has 35 heavy (non-hydrogen) atoms. The van der Waals surface area contributed by atoms with E-state index < -0.39 is 36.7 Å². The zero-order chi connectivity index (χ0) is 25.3. The molecule has 0 saturated carbocycles. The molecule has 2 atom stereocenters. The molecular formula is C25H30FN3O6. The van der Waals surface area contributed by atoms with Gasteiger partial charge in [-0.3, -0.25) is 4.79 Å². The van der Waals surface area contributed by atoms with Crippen molar-refractivity contribution in [1.82, 2.24) is 16.0 Å². The second-order valence-electron chi connectivity index (χ2n) is 7.58.